The average molecular weight is 396 g/mol. The summed E-state index contributed by atoms with van der Waals surface area (Å²) in [5.41, 5.74) is 2.71. The number of nitrogens with one attached hydrogen (secondary N) is 1. The number of β-amino-alcohol motifs (C(OH)–C–C–N with tert-alkyl or cyclic N) is 1. The summed E-state index contributed by atoms with van der Waals surface area (Å²) in [5, 5.41) is 21.4. The van der Waals surface area contributed by atoms with Crippen LogP contribution in [0.2, 0.25) is 0 Å². The predicted octanol–water partition coefficient (Wildman–Crippen LogP) is 1.55. The number of aromatic nitrogens is 5. The summed E-state index contributed by atoms with van der Waals surface area (Å²) in [7, 11) is 0. The molecule has 1 aliphatic rings. The van der Waals surface area contributed by atoms with Crippen molar-refractivity contribution in [2.24, 2.45) is 5.92 Å². The molecule has 0 bridgehead atoms. The topological polar surface area (TPSA) is 121 Å². The zero-order valence-electron chi connectivity index (χ0n) is 16.3. The number of hydrogen-bond acceptors (Lipinski definition) is 7. The lowest BCUT2D eigenvalue weighted by atomic mass is 10.0. The van der Waals surface area contributed by atoms with Gasteiger partial charge in [-0.2, -0.15) is 10.1 Å². The Hall–Kier alpha value is -3.07. The molecule has 0 aromatic carbocycles. The molecule has 152 valence electrons. The quantitative estimate of drug-likeness (QED) is 0.621. The van der Waals surface area contributed by atoms with E-state index < -0.39 is 6.10 Å². The van der Waals surface area contributed by atoms with E-state index in [9.17, 15) is 9.90 Å². The summed E-state index contributed by atoms with van der Waals surface area (Å²) in [6.45, 7) is 2.87. The van der Waals surface area contributed by atoms with Crippen LogP contribution in [0, 0.1) is 12.8 Å². The summed E-state index contributed by atoms with van der Waals surface area (Å²) in [6.07, 6.45) is 5.03. The molecule has 2 N–H and O–H groups in total. The minimum atomic E-state index is -0.520. The summed E-state index contributed by atoms with van der Waals surface area (Å²) in [4.78, 5) is 22.7. The van der Waals surface area contributed by atoms with E-state index in [1.165, 1.54) is 0 Å². The molecule has 0 spiro atoms. The first-order chi connectivity index (χ1) is 14.1. The van der Waals surface area contributed by atoms with Crippen molar-refractivity contribution in [2.45, 2.75) is 38.7 Å². The van der Waals surface area contributed by atoms with Crippen LogP contribution in [0.5, 0.6) is 0 Å². The van der Waals surface area contributed by atoms with Gasteiger partial charge in [-0.25, -0.2) is 0 Å². The van der Waals surface area contributed by atoms with Crippen LogP contribution in [0.3, 0.4) is 0 Å². The zero-order valence-corrected chi connectivity index (χ0v) is 16.3. The van der Waals surface area contributed by atoms with Crippen LogP contribution in [0.25, 0.3) is 11.4 Å². The normalized spacial score (nSPS) is 19.0. The molecule has 9 nitrogen and oxygen atoms in total. The number of aliphatic hydroxyl groups excluding tert-OH is 1. The minimum absolute atomic E-state index is 0.0135. The Morgan fingerprint density at radius 1 is 1.41 bits per heavy atom. The van der Waals surface area contributed by atoms with Gasteiger partial charge in [0.2, 0.25) is 17.6 Å². The molecule has 1 amide bonds. The van der Waals surface area contributed by atoms with Crippen molar-refractivity contribution < 1.29 is 14.4 Å². The van der Waals surface area contributed by atoms with Crippen LogP contribution in [0.15, 0.2) is 35.1 Å². The number of rotatable bonds is 7. The maximum atomic E-state index is 12.5. The van der Waals surface area contributed by atoms with E-state index >= 15 is 0 Å². The number of pyridine rings is 1. The summed E-state index contributed by atoms with van der Waals surface area (Å²) < 4.78 is 5.27. The first-order valence-electron chi connectivity index (χ1n) is 9.78. The van der Waals surface area contributed by atoms with Crippen LogP contribution in [-0.2, 0) is 17.6 Å². The molecule has 0 radical (unpaired) electrons. The second-order valence-electron chi connectivity index (χ2n) is 7.48. The van der Waals surface area contributed by atoms with Gasteiger partial charge in [-0.15, -0.1) is 0 Å². The van der Waals surface area contributed by atoms with E-state index in [0.717, 1.165) is 17.0 Å². The molecule has 0 aliphatic carbocycles. The monoisotopic (exact) mass is 396 g/mol. The molecule has 1 aliphatic heterocycles. The largest absolute Gasteiger partial charge is 0.391 e. The number of aliphatic hydroxyl groups is 1. The molecule has 0 unspecified atom stereocenters. The molecule has 1 fully saturated rings. The van der Waals surface area contributed by atoms with Gasteiger partial charge in [0.15, 0.2) is 0 Å². The van der Waals surface area contributed by atoms with Gasteiger partial charge in [-0.3, -0.25) is 14.9 Å². The highest BCUT2D eigenvalue weighted by molar-refractivity contribution is 5.76. The van der Waals surface area contributed by atoms with Crippen LogP contribution in [0.1, 0.15) is 30.1 Å². The van der Waals surface area contributed by atoms with Crippen LogP contribution in [0.4, 0.5) is 0 Å². The van der Waals surface area contributed by atoms with Crippen LogP contribution < -0.4 is 0 Å². The van der Waals surface area contributed by atoms with E-state index in [-0.39, 0.29) is 11.8 Å². The molecule has 29 heavy (non-hydrogen) atoms. The molecular weight excluding hydrogens is 372 g/mol. The number of likely N-dealkylation sites (tertiary alicyclic amines) is 1. The molecular formula is C20H24N6O3. The highest BCUT2D eigenvalue weighted by atomic mass is 16.5. The fraction of sp³-hybridized carbons (Fsp3) is 0.450. The summed E-state index contributed by atoms with van der Waals surface area (Å²) in [5.74, 6) is 1.06. The van der Waals surface area contributed by atoms with Gasteiger partial charge >= 0.3 is 0 Å². The number of nitrogens with zero attached hydrogens (tertiary/aromatic N) is 5. The second kappa shape index (κ2) is 8.52. The third-order valence-corrected chi connectivity index (χ3v) is 5.16. The Kier molecular flexibility index (Phi) is 5.66. The number of hydrogen-bond donors (Lipinski definition) is 2. The molecule has 1 saturated heterocycles. The molecule has 9 heteroatoms. The van der Waals surface area contributed by atoms with Crippen molar-refractivity contribution in [2.75, 3.05) is 13.1 Å². The van der Waals surface area contributed by atoms with Crippen molar-refractivity contribution >= 4 is 5.91 Å². The molecule has 2 atom stereocenters. The van der Waals surface area contributed by atoms with E-state index in [1.54, 1.807) is 17.3 Å². The molecule has 3 aromatic rings. The van der Waals surface area contributed by atoms with Crippen molar-refractivity contribution in [1.82, 2.24) is 30.2 Å². The van der Waals surface area contributed by atoms with Crippen molar-refractivity contribution in [3.05, 3.63) is 47.9 Å². The van der Waals surface area contributed by atoms with Crippen molar-refractivity contribution in [3.8, 4) is 11.4 Å². The molecule has 0 saturated carbocycles. The number of aryl methyl sites for hydroxylation is 2. The number of carbonyl (C=O) groups excluding carboxylic acids is 1. The van der Waals surface area contributed by atoms with Gasteiger partial charge in [0.25, 0.3) is 0 Å². The van der Waals surface area contributed by atoms with E-state index in [2.05, 4.69) is 25.3 Å². The maximum Gasteiger partial charge on any atom is 0.226 e. The van der Waals surface area contributed by atoms with Crippen LogP contribution in [-0.4, -0.2) is 60.4 Å². The third-order valence-electron chi connectivity index (χ3n) is 5.16. The number of amides is 1. The minimum Gasteiger partial charge on any atom is -0.391 e. The summed E-state index contributed by atoms with van der Waals surface area (Å²) in [6, 6.07) is 5.65. The van der Waals surface area contributed by atoms with Gasteiger partial charge in [-0.05, 0) is 38.0 Å². The third kappa shape index (κ3) is 4.68. The van der Waals surface area contributed by atoms with Gasteiger partial charge in [-0.1, -0.05) is 5.16 Å². The van der Waals surface area contributed by atoms with Gasteiger partial charge in [0, 0.05) is 55.5 Å². The fourth-order valence-corrected chi connectivity index (χ4v) is 3.62. The van der Waals surface area contributed by atoms with Gasteiger partial charge < -0.3 is 14.5 Å². The second-order valence-corrected chi connectivity index (χ2v) is 7.48. The molecule has 4 rings (SSSR count). The Morgan fingerprint density at radius 2 is 2.31 bits per heavy atom. The fourth-order valence-electron chi connectivity index (χ4n) is 3.62. The molecule has 3 aromatic heterocycles. The van der Waals surface area contributed by atoms with Gasteiger partial charge in [0.1, 0.15) is 0 Å². The first-order valence-corrected chi connectivity index (χ1v) is 9.78. The Bertz CT molecular complexity index is 954. The Morgan fingerprint density at radius 3 is 3.07 bits per heavy atom. The predicted molar refractivity (Wildman–Crippen MR) is 104 cm³/mol. The van der Waals surface area contributed by atoms with E-state index in [4.69, 9.17) is 4.52 Å². The molecule has 4 heterocycles. The Labute approximate surface area is 168 Å². The lowest BCUT2D eigenvalue weighted by Gasteiger charge is -2.15. The Balaban J connectivity index is 1.24. The number of H-pyrrole nitrogens is 1. The smallest absolute Gasteiger partial charge is 0.226 e. The van der Waals surface area contributed by atoms with E-state index in [1.807, 2.05) is 25.1 Å². The summed E-state index contributed by atoms with van der Waals surface area (Å²) >= 11 is 0. The number of aromatic amines is 1. The highest BCUT2D eigenvalue weighted by Gasteiger charge is 2.34. The lowest BCUT2D eigenvalue weighted by molar-refractivity contribution is -0.130. The maximum absolute atomic E-state index is 12.5. The lowest BCUT2D eigenvalue weighted by Crippen LogP contribution is -2.29. The van der Waals surface area contributed by atoms with Crippen LogP contribution >= 0.6 is 0 Å². The van der Waals surface area contributed by atoms with Crippen molar-refractivity contribution in [1.29, 1.82) is 0 Å². The standard InChI is InChI=1S/C20H24N6O3/c1-13-8-16(24-23-13)9-15-11-26(12-17(15)27)19(28)6-2-5-18-22-20(25-29-18)14-4-3-7-21-10-14/h3-4,7-8,10,15,17,27H,2,5-6,9,11-12H2,1H3,(H,23,24)/t15-,17-/m1/s1. The SMILES string of the molecule is Cc1cc(C[C@@H]2CN(C(=O)CCCc3nc(-c4cccnc4)no3)C[C@H]2O)n[nH]1. The first kappa shape index (κ1) is 19.3. The van der Waals surface area contributed by atoms with Crippen molar-refractivity contribution in [3.63, 3.8) is 0 Å². The van der Waals surface area contributed by atoms with Gasteiger partial charge in [0.05, 0.1) is 11.8 Å². The van der Waals surface area contributed by atoms with E-state index in [0.29, 0.717) is 50.5 Å². The zero-order chi connectivity index (χ0) is 20.2. The highest BCUT2D eigenvalue weighted by Crippen LogP contribution is 2.22. The number of carbonyl (C=O) groups is 1. The average Bonchev–Trinajstić information content (AvgIpc) is 3.44.